The van der Waals surface area contributed by atoms with Gasteiger partial charge < -0.3 is 10.1 Å². The third kappa shape index (κ3) is 8.70. The summed E-state index contributed by atoms with van der Waals surface area (Å²) in [6.45, 7) is 4.38. The van der Waals surface area contributed by atoms with Gasteiger partial charge in [-0.3, -0.25) is 4.79 Å². The number of hydrogen-bond acceptors (Lipinski definition) is 3. The number of carbonyl (C=O) groups is 1. The molecule has 1 unspecified atom stereocenters. The van der Waals surface area contributed by atoms with Crippen LogP contribution in [-0.4, -0.2) is 31.6 Å². The molecule has 0 aromatic carbocycles. The summed E-state index contributed by atoms with van der Waals surface area (Å²) in [7, 11) is 0. The van der Waals surface area contributed by atoms with E-state index >= 15 is 0 Å². The van der Waals surface area contributed by atoms with Gasteiger partial charge in [0.25, 0.3) is 0 Å². The zero-order chi connectivity index (χ0) is 14.5. The first-order chi connectivity index (χ1) is 9.84. The molecule has 3 nitrogen and oxygen atoms in total. The smallest absolute Gasteiger partial charge is 0.152 e. The van der Waals surface area contributed by atoms with Crippen LogP contribution < -0.4 is 5.32 Å². The summed E-state index contributed by atoms with van der Waals surface area (Å²) in [5.74, 6) is 0.337. The lowest BCUT2D eigenvalue weighted by atomic mass is 10.0. The Labute approximate surface area is 124 Å². The Hall–Kier alpha value is -0.410. The molecule has 20 heavy (non-hydrogen) atoms. The Kier molecular flexibility index (Phi) is 10.9. The third-order valence-electron chi connectivity index (χ3n) is 4.09. The van der Waals surface area contributed by atoms with Crippen molar-refractivity contribution in [2.24, 2.45) is 0 Å². The van der Waals surface area contributed by atoms with Gasteiger partial charge in [-0.05, 0) is 6.42 Å². The SMILES string of the molecule is CCCCCCCCCCCCC(=O)C1COCCN1. The quantitative estimate of drug-likeness (QED) is 0.553. The maximum absolute atomic E-state index is 11.9. The summed E-state index contributed by atoms with van der Waals surface area (Å²) in [5.41, 5.74) is 0. The normalized spacial score (nSPS) is 19.1. The Morgan fingerprint density at radius 2 is 1.60 bits per heavy atom. The molecule has 1 atom stereocenters. The van der Waals surface area contributed by atoms with Gasteiger partial charge in [0.1, 0.15) is 0 Å². The van der Waals surface area contributed by atoms with E-state index < -0.39 is 0 Å². The van der Waals surface area contributed by atoms with E-state index in [0.29, 0.717) is 12.4 Å². The first-order valence-electron chi connectivity index (χ1n) is 8.68. The van der Waals surface area contributed by atoms with Crippen molar-refractivity contribution in [3.8, 4) is 0 Å². The van der Waals surface area contributed by atoms with E-state index in [1.54, 1.807) is 0 Å². The van der Waals surface area contributed by atoms with Gasteiger partial charge in [-0.25, -0.2) is 0 Å². The van der Waals surface area contributed by atoms with E-state index in [1.807, 2.05) is 0 Å². The van der Waals surface area contributed by atoms with Crippen molar-refractivity contribution in [3.05, 3.63) is 0 Å². The molecule has 1 aliphatic heterocycles. The van der Waals surface area contributed by atoms with Gasteiger partial charge in [-0.2, -0.15) is 0 Å². The van der Waals surface area contributed by atoms with Crippen molar-refractivity contribution >= 4 is 5.78 Å². The second kappa shape index (κ2) is 12.3. The second-order valence-electron chi connectivity index (χ2n) is 5.98. The Morgan fingerprint density at radius 1 is 1.00 bits per heavy atom. The molecular formula is C17H33NO2. The second-order valence-corrected chi connectivity index (χ2v) is 5.98. The molecule has 0 radical (unpaired) electrons. The van der Waals surface area contributed by atoms with E-state index in [-0.39, 0.29) is 6.04 Å². The molecule has 1 heterocycles. The molecule has 0 aliphatic carbocycles. The standard InChI is InChI=1S/C17H33NO2/c1-2-3-4-5-6-7-8-9-10-11-12-17(19)16-15-20-14-13-18-16/h16,18H,2-15H2,1H3. The summed E-state index contributed by atoms with van der Waals surface area (Å²) in [6.07, 6.45) is 13.9. The van der Waals surface area contributed by atoms with Crippen LogP contribution in [-0.2, 0) is 9.53 Å². The minimum Gasteiger partial charge on any atom is -0.378 e. The van der Waals surface area contributed by atoms with Crippen molar-refractivity contribution in [3.63, 3.8) is 0 Å². The molecular weight excluding hydrogens is 250 g/mol. The number of hydrogen-bond donors (Lipinski definition) is 1. The highest BCUT2D eigenvalue weighted by atomic mass is 16.5. The number of rotatable bonds is 12. The van der Waals surface area contributed by atoms with Gasteiger partial charge in [0.05, 0.1) is 19.3 Å². The fraction of sp³-hybridized carbons (Fsp3) is 0.941. The number of ketones is 1. The minimum absolute atomic E-state index is 0.0395. The third-order valence-corrected chi connectivity index (χ3v) is 4.09. The largest absolute Gasteiger partial charge is 0.378 e. The predicted molar refractivity (Wildman–Crippen MR) is 84.1 cm³/mol. The highest BCUT2D eigenvalue weighted by molar-refractivity contribution is 5.84. The van der Waals surface area contributed by atoms with E-state index in [4.69, 9.17) is 4.74 Å². The summed E-state index contributed by atoms with van der Waals surface area (Å²) in [4.78, 5) is 11.9. The van der Waals surface area contributed by atoms with E-state index in [9.17, 15) is 4.79 Å². The zero-order valence-corrected chi connectivity index (χ0v) is 13.3. The maximum atomic E-state index is 11.9. The van der Waals surface area contributed by atoms with Crippen LogP contribution in [0, 0.1) is 0 Å². The van der Waals surface area contributed by atoms with Gasteiger partial charge in [0.15, 0.2) is 5.78 Å². The average Bonchev–Trinajstić information content (AvgIpc) is 2.50. The summed E-state index contributed by atoms with van der Waals surface area (Å²) in [5, 5.41) is 3.23. The van der Waals surface area contributed by atoms with Crippen LogP contribution in [0.25, 0.3) is 0 Å². The Bertz CT molecular complexity index is 237. The van der Waals surface area contributed by atoms with Crippen molar-refractivity contribution in [2.45, 2.75) is 83.6 Å². The van der Waals surface area contributed by atoms with Crippen molar-refractivity contribution in [1.29, 1.82) is 0 Å². The summed E-state index contributed by atoms with van der Waals surface area (Å²) >= 11 is 0. The molecule has 0 spiro atoms. The highest BCUT2D eigenvalue weighted by Gasteiger charge is 2.19. The van der Waals surface area contributed by atoms with Crippen LogP contribution in [0.5, 0.6) is 0 Å². The van der Waals surface area contributed by atoms with E-state index in [0.717, 1.165) is 26.0 Å². The number of nitrogens with one attached hydrogen (secondary N) is 1. The van der Waals surface area contributed by atoms with Gasteiger partial charge in [0, 0.05) is 13.0 Å². The molecule has 0 aromatic rings. The van der Waals surface area contributed by atoms with Crippen LogP contribution in [0.4, 0.5) is 0 Å². The number of unbranched alkanes of at least 4 members (excludes halogenated alkanes) is 9. The molecule has 118 valence electrons. The molecule has 1 rings (SSSR count). The lowest BCUT2D eigenvalue weighted by Gasteiger charge is -2.22. The Balaban J connectivity index is 1.83. The fourth-order valence-electron chi connectivity index (χ4n) is 2.73. The highest BCUT2D eigenvalue weighted by Crippen LogP contribution is 2.12. The molecule has 1 fully saturated rings. The first-order valence-corrected chi connectivity index (χ1v) is 8.68. The number of ether oxygens (including phenoxy) is 1. The molecule has 0 saturated carbocycles. The minimum atomic E-state index is -0.0395. The molecule has 1 N–H and O–H groups in total. The molecule has 0 amide bonds. The van der Waals surface area contributed by atoms with E-state index in [2.05, 4.69) is 12.2 Å². The first kappa shape index (κ1) is 17.6. The Morgan fingerprint density at radius 3 is 2.15 bits per heavy atom. The van der Waals surface area contributed by atoms with Crippen molar-refractivity contribution in [2.75, 3.05) is 19.8 Å². The fourth-order valence-corrected chi connectivity index (χ4v) is 2.73. The molecule has 3 heteroatoms. The number of Topliss-reactive ketones (excluding diaryl/α,β-unsaturated/α-hetero) is 1. The lowest BCUT2D eigenvalue weighted by Crippen LogP contribution is -2.46. The topological polar surface area (TPSA) is 38.3 Å². The van der Waals surface area contributed by atoms with Crippen molar-refractivity contribution < 1.29 is 9.53 Å². The van der Waals surface area contributed by atoms with Gasteiger partial charge in [-0.1, -0.05) is 64.7 Å². The van der Waals surface area contributed by atoms with Crippen LogP contribution in [0.2, 0.25) is 0 Å². The molecule has 1 aliphatic rings. The summed E-state index contributed by atoms with van der Waals surface area (Å²) in [6, 6.07) is -0.0395. The van der Waals surface area contributed by atoms with Gasteiger partial charge in [0.2, 0.25) is 0 Å². The van der Waals surface area contributed by atoms with Crippen LogP contribution in [0.3, 0.4) is 0 Å². The maximum Gasteiger partial charge on any atom is 0.152 e. The van der Waals surface area contributed by atoms with Gasteiger partial charge in [-0.15, -0.1) is 0 Å². The zero-order valence-electron chi connectivity index (χ0n) is 13.3. The number of morpholine rings is 1. The number of carbonyl (C=O) groups excluding carboxylic acids is 1. The molecule has 1 saturated heterocycles. The monoisotopic (exact) mass is 283 g/mol. The summed E-state index contributed by atoms with van der Waals surface area (Å²) < 4.78 is 5.32. The predicted octanol–water partition coefficient (Wildman–Crippen LogP) is 3.85. The van der Waals surface area contributed by atoms with Crippen LogP contribution >= 0.6 is 0 Å². The van der Waals surface area contributed by atoms with E-state index in [1.165, 1.54) is 57.8 Å². The van der Waals surface area contributed by atoms with Crippen molar-refractivity contribution in [1.82, 2.24) is 5.32 Å². The average molecular weight is 283 g/mol. The van der Waals surface area contributed by atoms with Crippen LogP contribution in [0.15, 0.2) is 0 Å². The molecule has 0 bridgehead atoms. The van der Waals surface area contributed by atoms with Gasteiger partial charge >= 0.3 is 0 Å². The lowest BCUT2D eigenvalue weighted by molar-refractivity contribution is -0.123. The molecule has 0 aromatic heterocycles. The van der Waals surface area contributed by atoms with Crippen LogP contribution in [0.1, 0.15) is 77.6 Å².